The Morgan fingerprint density at radius 1 is 1.04 bits per heavy atom. The standard InChI is InChI=1S/C17H15F2N5/c1-2-24(13-6-4-3-5-7-13)17-22-16(11-20-23-17)21-12-8-9-14(18)15(19)10-12/h3-11H,2H2,1H3,(H,21,22,23). The van der Waals surface area contributed by atoms with E-state index in [1.807, 2.05) is 42.2 Å². The molecular weight excluding hydrogens is 312 g/mol. The topological polar surface area (TPSA) is 53.9 Å². The highest BCUT2D eigenvalue weighted by molar-refractivity contribution is 5.60. The number of anilines is 4. The van der Waals surface area contributed by atoms with E-state index in [0.717, 1.165) is 17.8 Å². The van der Waals surface area contributed by atoms with Gasteiger partial charge in [-0.2, -0.15) is 10.1 Å². The number of benzene rings is 2. The summed E-state index contributed by atoms with van der Waals surface area (Å²) in [6.07, 6.45) is 1.42. The minimum absolute atomic E-state index is 0.378. The van der Waals surface area contributed by atoms with Crippen molar-refractivity contribution in [3.63, 3.8) is 0 Å². The highest BCUT2D eigenvalue weighted by Crippen LogP contribution is 2.23. The third kappa shape index (κ3) is 3.45. The van der Waals surface area contributed by atoms with Crippen LogP contribution in [0.3, 0.4) is 0 Å². The lowest BCUT2D eigenvalue weighted by Gasteiger charge is -2.20. The lowest BCUT2D eigenvalue weighted by Crippen LogP contribution is -2.19. The fourth-order valence-electron chi connectivity index (χ4n) is 2.24. The van der Waals surface area contributed by atoms with Crippen molar-refractivity contribution in [2.24, 2.45) is 0 Å². The van der Waals surface area contributed by atoms with Crippen LogP contribution in [0.1, 0.15) is 6.92 Å². The van der Waals surface area contributed by atoms with E-state index in [-0.39, 0.29) is 0 Å². The second-order valence-electron chi connectivity index (χ2n) is 4.98. The quantitative estimate of drug-likeness (QED) is 0.766. The van der Waals surface area contributed by atoms with Crippen molar-refractivity contribution in [2.75, 3.05) is 16.8 Å². The lowest BCUT2D eigenvalue weighted by atomic mass is 10.3. The minimum atomic E-state index is -0.929. The SMILES string of the molecule is CCN(c1ccccc1)c1nncc(Nc2ccc(F)c(F)c2)n1. The van der Waals surface area contributed by atoms with Gasteiger partial charge in [0.1, 0.15) is 0 Å². The molecule has 0 amide bonds. The summed E-state index contributed by atoms with van der Waals surface area (Å²) in [5.41, 5.74) is 1.31. The van der Waals surface area contributed by atoms with Crippen molar-refractivity contribution >= 4 is 23.1 Å². The van der Waals surface area contributed by atoms with Gasteiger partial charge < -0.3 is 10.2 Å². The summed E-state index contributed by atoms with van der Waals surface area (Å²) in [4.78, 5) is 6.28. The fourth-order valence-corrected chi connectivity index (χ4v) is 2.24. The Hall–Kier alpha value is -3.09. The molecule has 0 aliphatic rings. The van der Waals surface area contributed by atoms with E-state index < -0.39 is 11.6 Å². The second-order valence-corrected chi connectivity index (χ2v) is 4.98. The zero-order valence-corrected chi connectivity index (χ0v) is 12.9. The number of rotatable bonds is 5. The Kier molecular flexibility index (Phi) is 4.60. The molecule has 3 rings (SSSR count). The summed E-state index contributed by atoms with van der Waals surface area (Å²) < 4.78 is 26.3. The molecule has 1 aromatic heterocycles. The number of nitrogens with one attached hydrogen (secondary N) is 1. The molecule has 1 heterocycles. The van der Waals surface area contributed by atoms with Crippen molar-refractivity contribution < 1.29 is 8.78 Å². The lowest BCUT2D eigenvalue weighted by molar-refractivity contribution is 0.509. The first-order valence-corrected chi connectivity index (χ1v) is 7.41. The van der Waals surface area contributed by atoms with Gasteiger partial charge in [0, 0.05) is 24.0 Å². The summed E-state index contributed by atoms with van der Waals surface area (Å²) in [5, 5.41) is 10.9. The zero-order chi connectivity index (χ0) is 16.9. The van der Waals surface area contributed by atoms with Crippen molar-refractivity contribution in [3.8, 4) is 0 Å². The molecule has 3 aromatic rings. The summed E-state index contributed by atoms with van der Waals surface area (Å²) in [6.45, 7) is 2.63. The summed E-state index contributed by atoms with van der Waals surface area (Å²) >= 11 is 0. The number of hydrogen-bond acceptors (Lipinski definition) is 5. The third-order valence-corrected chi connectivity index (χ3v) is 3.37. The monoisotopic (exact) mass is 327 g/mol. The summed E-state index contributed by atoms with van der Waals surface area (Å²) in [5.74, 6) is -1.03. The molecule has 0 bridgehead atoms. The third-order valence-electron chi connectivity index (χ3n) is 3.37. The maximum absolute atomic E-state index is 13.3. The number of hydrogen-bond donors (Lipinski definition) is 1. The van der Waals surface area contributed by atoms with Crippen molar-refractivity contribution in [1.29, 1.82) is 0 Å². The van der Waals surface area contributed by atoms with E-state index in [1.54, 1.807) is 0 Å². The van der Waals surface area contributed by atoms with Gasteiger partial charge in [-0.15, -0.1) is 5.10 Å². The van der Waals surface area contributed by atoms with Gasteiger partial charge in [-0.3, -0.25) is 0 Å². The average molecular weight is 327 g/mol. The van der Waals surface area contributed by atoms with Crippen LogP contribution < -0.4 is 10.2 Å². The van der Waals surface area contributed by atoms with Gasteiger partial charge in [-0.05, 0) is 31.2 Å². The van der Waals surface area contributed by atoms with Crippen LogP contribution in [-0.2, 0) is 0 Å². The molecule has 0 unspecified atom stereocenters. The van der Waals surface area contributed by atoms with Crippen molar-refractivity contribution in [2.45, 2.75) is 6.92 Å². The van der Waals surface area contributed by atoms with E-state index in [4.69, 9.17) is 0 Å². The van der Waals surface area contributed by atoms with E-state index in [2.05, 4.69) is 20.5 Å². The first-order valence-electron chi connectivity index (χ1n) is 7.41. The Bertz CT molecular complexity index is 826. The van der Waals surface area contributed by atoms with E-state index in [9.17, 15) is 8.78 Å². The minimum Gasteiger partial charge on any atom is -0.339 e. The summed E-state index contributed by atoms with van der Waals surface area (Å²) in [6, 6.07) is 13.2. The maximum atomic E-state index is 13.3. The van der Waals surface area contributed by atoms with E-state index in [0.29, 0.717) is 24.0 Å². The van der Waals surface area contributed by atoms with Crippen LogP contribution in [0.25, 0.3) is 0 Å². The van der Waals surface area contributed by atoms with Gasteiger partial charge in [0.2, 0.25) is 0 Å². The smallest absolute Gasteiger partial charge is 0.251 e. The molecule has 0 aliphatic carbocycles. The van der Waals surface area contributed by atoms with Crippen LogP contribution in [0.15, 0.2) is 54.7 Å². The molecule has 0 aliphatic heterocycles. The fraction of sp³-hybridized carbons (Fsp3) is 0.118. The number of halogens is 2. The molecule has 0 radical (unpaired) electrons. The van der Waals surface area contributed by atoms with Crippen LogP contribution in [0.5, 0.6) is 0 Å². The Balaban J connectivity index is 1.86. The first kappa shape index (κ1) is 15.8. The highest BCUT2D eigenvalue weighted by atomic mass is 19.2. The molecule has 7 heteroatoms. The predicted molar refractivity (Wildman–Crippen MR) is 88.6 cm³/mol. The van der Waals surface area contributed by atoms with Gasteiger partial charge in [0.05, 0.1) is 6.20 Å². The number of para-hydroxylation sites is 1. The van der Waals surface area contributed by atoms with Gasteiger partial charge in [-0.1, -0.05) is 18.2 Å². The molecule has 24 heavy (non-hydrogen) atoms. The molecule has 0 saturated heterocycles. The van der Waals surface area contributed by atoms with Crippen molar-refractivity contribution in [3.05, 3.63) is 66.4 Å². The first-order chi connectivity index (χ1) is 11.7. The molecule has 0 saturated carbocycles. The normalized spacial score (nSPS) is 10.5. The molecule has 0 spiro atoms. The Labute approximate surface area is 138 Å². The molecule has 1 N–H and O–H groups in total. The molecule has 0 atom stereocenters. The molecule has 0 fully saturated rings. The zero-order valence-electron chi connectivity index (χ0n) is 12.9. The second kappa shape index (κ2) is 6.99. The van der Waals surface area contributed by atoms with Gasteiger partial charge in [-0.25, -0.2) is 8.78 Å². The highest BCUT2D eigenvalue weighted by Gasteiger charge is 2.12. The van der Waals surface area contributed by atoms with Crippen LogP contribution in [0, 0.1) is 11.6 Å². The predicted octanol–water partition coefficient (Wildman–Crippen LogP) is 4.05. The Morgan fingerprint density at radius 2 is 1.83 bits per heavy atom. The van der Waals surface area contributed by atoms with E-state index >= 15 is 0 Å². The average Bonchev–Trinajstić information content (AvgIpc) is 2.60. The van der Waals surface area contributed by atoms with Crippen LogP contribution in [0.2, 0.25) is 0 Å². The number of nitrogens with zero attached hydrogens (tertiary/aromatic N) is 4. The number of aromatic nitrogens is 3. The van der Waals surface area contributed by atoms with Gasteiger partial charge >= 0.3 is 0 Å². The molecule has 2 aromatic carbocycles. The van der Waals surface area contributed by atoms with Gasteiger partial charge in [0.15, 0.2) is 17.5 Å². The van der Waals surface area contributed by atoms with Crippen LogP contribution in [-0.4, -0.2) is 21.7 Å². The molecule has 5 nitrogen and oxygen atoms in total. The Morgan fingerprint density at radius 3 is 2.54 bits per heavy atom. The van der Waals surface area contributed by atoms with E-state index in [1.165, 1.54) is 12.3 Å². The maximum Gasteiger partial charge on any atom is 0.251 e. The van der Waals surface area contributed by atoms with Crippen molar-refractivity contribution in [1.82, 2.24) is 15.2 Å². The largest absolute Gasteiger partial charge is 0.339 e. The van der Waals surface area contributed by atoms with Gasteiger partial charge in [0.25, 0.3) is 5.95 Å². The molecular formula is C17H15F2N5. The van der Waals surface area contributed by atoms with Crippen LogP contribution >= 0.6 is 0 Å². The summed E-state index contributed by atoms with van der Waals surface area (Å²) in [7, 11) is 0. The van der Waals surface area contributed by atoms with Crippen LogP contribution in [0.4, 0.5) is 31.9 Å². The molecule has 122 valence electrons.